The molecule has 0 atom stereocenters. The smallest absolute Gasteiger partial charge is 0.427 e. The summed E-state index contributed by atoms with van der Waals surface area (Å²) in [4.78, 5) is 13.4. The number of hydrazone groups is 1. The Labute approximate surface area is 142 Å². The Balaban J connectivity index is 1.97. The first-order valence-electron chi connectivity index (χ1n) is 8.07. The summed E-state index contributed by atoms with van der Waals surface area (Å²) in [6, 6.07) is 18.4. The largest absolute Gasteiger partial charge is 0.449 e. The number of carbonyl (C=O) groups excluding carboxylic acids is 1. The van der Waals surface area contributed by atoms with E-state index in [1.54, 1.807) is 13.1 Å². The summed E-state index contributed by atoms with van der Waals surface area (Å²) in [6.45, 7) is 6.00. The minimum Gasteiger partial charge on any atom is -0.449 e. The van der Waals surface area contributed by atoms with E-state index < -0.39 is 6.09 Å². The number of nitrogens with one attached hydrogen (secondary N) is 1. The lowest BCUT2D eigenvalue weighted by molar-refractivity contribution is 0.152. The van der Waals surface area contributed by atoms with Crippen LogP contribution >= 0.6 is 0 Å². The lowest BCUT2D eigenvalue weighted by Crippen LogP contribution is -2.21. The first kappa shape index (κ1) is 17.5. The Morgan fingerprint density at radius 1 is 1.12 bits per heavy atom. The number of hydrogen-bond donors (Lipinski definition) is 1. The minimum absolute atomic E-state index is 0.324. The Morgan fingerprint density at radius 2 is 1.83 bits per heavy atom. The van der Waals surface area contributed by atoms with Crippen LogP contribution in [0.2, 0.25) is 0 Å². The third-order valence-electron chi connectivity index (χ3n) is 3.50. The van der Waals surface area contributed by atoms with Crippen LogP contribution in [0.1, 0.15) is 25.0 Å². The van der Waals surface area contributed by atoms with E-state index in [-0.39, 0.29) is 0 Å². The molecule has 2 aromatic carbocycles. The van der Waals surface area contributed by atoms with E-state index in [1.807, 2.05) is 18.2 Å². The molecule has 2 aromatic rings. The Bertz CT molecular complexity index is 654. The number of rotatable bonds is 7. The van der Waals surface area contributed by atoms with Gasteiger partial charge < -0.3 is 9.64 Å². The summed E-state index contributed by atoms with van der Waals surface area (Å²) in [7, 11) is 0. The van der Waals surface area contributed by atoms with Crippen LogP contribution < -0.4 is 10.3 Å². The van der Waals surface area contributed by atoms with Crippen LogP contribution in [0.5, 0.6) is 0 Å². The van der Waals surface area contributed by atoms with Gasteiger partial charge in [0.15, 0.2) is 0 Å². The molecule has 5 nitrogen and oxygen atoms in total. The van der Waals surface area contributed by atoms with E-state index in [0.717, 1.165) is 24.3 Å². The fraction of sp³-hybridized carbons (Fsp3) is 0.263. The van der Waals surface area contributed by atoms with Crippen molar-refractivity contribution < 1.29 is 9.53 Å². The molecule has 0 radical (unpaired) electrons. The van der Waals surface area contributed by atoms with Crippen molar-refractivity contribution in [2.45, 2.75) is 20.4 Å². The number of amides is 1. The highest BCUT2D eigenvalue weighted by Gasteiger charge is 2.05. The number of anilines is 1. The molecule has 2 rings (SSSR count). The fourth-order valence-corrected chi connectivity index (χ4v) is 2.28. The van der Waals surface area contributed by atoms with Crippen molar-refractivity contribution in [2.24, 2.45) is 5.10 Å². The number of benzene rings is 2. The molecule has 0 unspecified atom stereocenters. The van der Waals surface area contributed by atoms with Gasteiger partial charge in [-0.3, -0.25) is 0 Å². The monoisotopic (exact) mass is 325 g/mol. The highest BCUT2D eigenvalue weighted by atomic mass is 16.5. The maximum Gasteiger partial charge on any atom is 0.427 e. The van der Waals surface area contributed by atoms with Crippen molar-refractivity contribution in [1.29, 1.82) is 0 Å². The molecule has 5 heteroatoms. The van der Waals surface area contributed by atoms with E-state index in [1.165, 1.54) is 5.56 Å². The summed E-state index contributed by atoms with van der Waals surface area (Å²) in [5.74, 6) is 0. The number of nitrogens with zero attached hydrogens (tertiary/aromatic N) is 2. The lowest BCUT2D eigenvalue weighted by atomic mass is 10.1. The van der Waals surface area contributed by atoms with Gasteiger partial charge in [0.1, 0.15) is 0 Å². The van der Waals surface area contributed by atoms with Crippen molar-refractivity contribution >= 4 is 18.0 Å². The average Bonchev–Trinajstić information content (AvgIpc) is 2.61. The molecule has 0 bridgehead atoms. The van der Waals surface area contributed by atoms with Crippen LogP contribution in [0.25, 0.3) is 0 Å². The van der Waals surface area contributed by atoms with Crippen molar-refractivity contribution in [1.82, 2.24) is 5.43 Å². The third-order valence-corrected chi connectivity index (χ3v) is 3.50. The maximum absolute atomic E-state index is 11.1. The van der Waals surface area contributed by atoms with Crippen LogP contribution in [0.4, 0.5) is 10.5 Å². The number of ether oxygens (including phenoxy) is 1. The van der Waals surface area contributed by atoms with Gasteiger partial charge in [0.05, 0.1) is 12.8 Å². The van der Waals surface area contributed by atoms with Gasteiger partial charge >= 0.3 is 6.09 Å². The molecule has 0 fully saturated rings. The molecular weight excluding hydrogens is 302 g/mol. The van der Waals surface area contributed by atoms with E-state index in [2.05, 4.69) is 58.7 Å². The SMILES string of the molecule is CCOC(=O)N/N=C\c1ccc(N(CC)Cc2ccccc2)cc1. The normalized spacial score (nSPS) is 10.6. The molecule has 126 valence electrons. The predicted octanol–water partition coefficient (Wildman–Crippen LogP) is 3.79. The fourth-order valence-electron chi connectivity index (χ4n) is 2.28. The van der Waals surface area contributed by atoms with Gasteiger partial charge in [0, 0.05) is 18.8 Å². The second kappa shape index (κ2) is 9.35. The summed E-state index contributed by atoms with van der Waals surface area (Å²) < 4.78 is 4.73. The number of carbonyl (C=O) groups is 1. The molecule has 0 aromatic heterocycles. The second-order valence-corrected chi connectivity index (χ2v) is 5.18. The van der Waals surface area contributed by atoms with Crippen molar-refractivity contribution in [3.05, 3.63) is 65.7 Å². The van der Waals surface area contributed by atoms with Crippen LogP contribution in [0.3, 0.4) is 0 Å². The molecule has 0 aliphatic heterocycles. The van der Waals surface area contributed by atoms with Crippen LogP contribution in [-0.2, 0) is 11.3 Å². The van der Waals surface area contributed by atoms with E-state index in [9.17, 15) is 4.79 Å². The van der Waals surface area contributed by atoms with Crippen molar-refractivity contribution in [3.8, 4) is 0 Å². The van der Waals surface area contributed by atoms with Gasteiger partial charge in [-0.15, -0.1) is 0 Å². The van der Waals surface area contributed by atoms with Crippen LogP contribution in [-0.4, -0.2) is 25.5 Å². The van der Waals surface area contributed by atoms with Crippen molar-refractivity contribution in [2.75, 3.05) is 18.1 Å². The van der Waals surface area contributed by atoms with Crippen LogP contribution in [0, 0.1) is 0 Å². The predicted molar refractivity (Wildman–Crippen MR) is 97.4 cm³/mol. The molecule has 0 spiro atoms. The molecular formula is C19H23N3O2. The Hall–Kier alpha value is -2.82. The van der Waals surface area contributed by atoms with Crippen molar-refractivity contribution in [3.63, 3.8) is 0 Å². The zero-order valence-corrected chi connectivity index (χ0v) is 14.1. The summed E-state index contributed by atoms with van der Waals surface area (Å²) in [5.41, 5.74) is 5.65. The van der Waals surface area contributed by atoms with Gasteiger partial charge in [-0.1, -0.05) is 42.5 Å². The zero-order valence-electron chi connectivity index (χ0n) is 14.1. The first-order valence-corrected chi connectivity index (χ1v) is 8.07. The van der Waals surface area contributed by atoms with Gasteiger partial charge in [-0.05, 0) is 37.1 Å². The molecule has 0 heterocycles. The standard InChI is InChI=1S/C19H23N3O2/c1-3-22(15-17-8-6-5-7-9-17)18-12-10-16(11-13-18)14-20-21-19(23)24-4-2/h5-14H,3-4,15H2,1-2H3,(H,21,23)/b20-14-. The summed E-state index contributed by atoms with van der Waals surface area (Å²) in [6.07, 6.45) is 1.04. The third kappa shape index (κ3) is 5.43. The maximum atomic E-state index is 11.1. The minimum atomic E-state index is -0.551. The first-order chi connectivity index (χ1) is 11.7. The topological polar surface area (TPSA) is 53.9 Å². The summed E-state index contributed by atoms with van der Waals surface area (Å²) in [5, 5.41) is 3.86. The molecule has 0 saturated heterocycles. The molecule has 0 aliphatic rings. The van der Waals surface area contributed by atoms with Gasteiger partial charge in [-0.25, -0.2) is 10.2 Å². The molecule has 0 saturated carbocycles. The highest BCUT2D eigenvalue weighted by molar-refractivity contribution is 5.81. The zero-order chi connectivity index (χ0) is 17.2. The molecule has 1 amide bonds. The summed E-state index contributed by atoms with van der Waals surface area (Å²) >= 11 is 0. The van der Waals surface area contributed by atoms with Gasteiger partial charge in [0.2, 0.25) is 0 Å². The highest BCUT2D eigenvalue weighted by Crippen LogP contribution is 2.17. The average molecular weight is 325 g/mol. The molecule has 1 N–H and O–H groups in total. The molecule has 0 aliphatic carbocycles. The van der Waals surface area contributed by atoms with Gasteiger partial charge in [-0.2, -0.15) is 5.10 Å². The van der Waals surface area contributed by atoms with Gasteiger partial charge in [0.25, 0.3) is 0 Å². The Morgan fingerprint density at radius 3 is 2.46 bits per heavy atom. The quantitative estimate of drug-likeness (QED) is 0.622. The lowest BCUT2D eigenvalue weighted by Gasteiger charge is -2.23. The molecule has 24 heavy (non-hydrogen) atoms. The number of hydrogen-bond acceptors (Lipinski definition) is 4. The second-order valence-electron chi connectivity index (χ2n) is 5.18. The Kier molecular flexibility index (Phi) is 6.83. The van der Waals surface area contributed by atoms with E-state index in [0.29, 0.717) is 6.61 Å². The van der Waals surface area contributed by atoms with Crippen LogP contribution in [0.15, 0.2) is 59.7 Å². The van der Waals surface area contributed by atoms with E-state index >= 15 is 0 Å². The van der Waals surface area contributed by atoms with E-state index in [4.69, 9.17) is 4.74 Å².